The summed E-state index contributed by atoms with van der Waals surface area (Å²) in [7, 11) is 0. The highest BCUT2D eigenvalue weighted by atomic mass is 16.2. The minimum atomic E-state index is -0.329. The number of aromatic nitrogens is 4. The van der Waals surface area contributed by atoms with E-state index >= 15 is 0 Å². The Bertz CT molecular complexity index is 1020. The molecule has 124 valence electrons. The Kier molecular flexibility index (Phi) is 4.20. The highest BCUT2D eigenvalue weighted by Gasteiger charge is 2.14. The van der Waals surface area contributed by atoms with Crippen LogP contribution in [0.25, 0.3) is 23.3 Å². The van der Waals surface area contributed by atoms with E-state index in [1.54, 1.807) is 6.92 Å². The number of imidazole rings is 1. The second-order valence-electron chi connectivity index (χ2n) is 5.64. The summed E-state index contributed by atoms with van der Waals surface area (Å²) in [6, 6.07) is 8.10. The number of hydrogen-bond donors (Lipinski definition) is 1. The van der Waals surface area contributed by atoms with Crippen LogP contribution in [-0.4, -0.2) is 19.1 Å². The van der Waals surface area contributed by atoms with Gasteiger partial charge in [0.05, 0.1) is 0 Å². The normalized spacial score (nSPS) is 11.6. The van der Waals surface area contributed by atoms with Crippen molar-refractivity contribution >= 4 is 23.3 Å². The SMILES string of the molecule is CCn1c(=O)c2[nH]c(/C=C/c3ccc(C)cc3)nc2n(CC)c1=O. The van der Waals surface area contributed by atoms with Gasteiger partial charge in [0.15, 0.2) is 5.65 Å². The number of hydrogen-bond acceptors (Lipinski definition) is 3. The van der Waals surface area contributed by atoms with Gasteiger partial charge >= 0.3 is 5.69 Å². The molecule has 0 saturated carbocycles. The Morgan fingerprint density at radius 1 is 1.04 bits per heavy atom. The van der Waals surface area contributed by atoms with Crippen LogP contribution in [0.1, 0.15) is 30.8 Å². The number of benzene rings is 1. The number of nitrogens with zero attached hydrogens (tertiary/aromatic N) is 3. The lowest BCUT2D eigenvalue weighted by Gasteiger charge is -2.06. The Balaban J connectivity index is 2.11. The van der Waals surface area contributed by atoms with Crippen LogP contribution in [0, 0.1) is 6.92 Å². The molecule has 2 heterocycles. The zero-order valence-electron chi connectivity index (χ0n) is 14.0. The third-order valence-electron chi connectivity index (χ3n) is 4.02. The van der Waals surface area contributed by atoms with E-state index in [2.05, 4.69) is 9.97 Å². The van der Waals surface area contributed by atoms with Crippen LogP contribution in [0.3, 0.4) is 0 Å². The summed E-state index contributed by atoms with van der Waals surface area (Å²) in [6.45, 7) is 6.48. The molecule has 0 aliphatic carbocycles. The van der Waals surface area contributed by atoms with Gasteiger partial charge in [0.25, 0.3) is 5.56 Å². The smallest absolute Gasteiger partial charge is 0.332 e. The third kappa shape index (κ3) is 2.71. The molecular weight excluding hydrogens is 304 g/mol. The molecule has 0 fully saturated rings. The zero-order valence-corrected chi connectivity index (χ0v) is 14.0. The van der Waals surface area contributed by atoms with Crippen LogP contribution in [0.2, 0.25) is 0 Å². The fraction of sp³-hybridized carbons (Fsp3) is 0.278. The summed E-state index contributed by atoms with van der Waals surface area (Å²) < 4.78 is 2.73. The van der Waals surface area contributed by atoms with E-state index in [0.29, 0.717) is 30.1 Å². The van der Waals surface area contributed by atoms with Gasteiger partial charge in [0, 0.05) is 13.1 Å². The van der Waals surface area contributed by atoms with E-state index < -0.39 is 0 Å². The molecule has 1 N–H and O–H groups in total. The summed E-state index contributed by atoms with van der Waals surface area (Å²) in [5.74, 6) is 0.554. The van der Waals surface area contributed by atoms with Gasteiger partial charge in [-0.1, -0.05) is 35.9 Å². The molecule has 0 bridgehead atoms. The molecule has 6 heteroatoms. The lowest BCUT2D eigenvalue weighted by atomic mass is 10.1. The van der Waals surface area contributed by atoms with E-state index in [0.717, 1.165) is 5.56 Å². The molecule has 0 saturated heterocycles. The van der Waals surface area contributed by atoms with Gasteiger partial charge in [-0.3, -0.25) is 13.9 Å². The van der Waals surface area contributed by atoms with Gasteiger partial charge in [-0.25, -0.2) is 9.78 Å². The highest BCUT2D eigenvalue weighted by molar-refractivity contribution is 5.75. The zero-order chi connectivity index (χ0) is 17.3. The van der Waals surface area contributed by atoms with Crippen molar-refractivity contribution in [3.8, 4) is 0 Å². The van der Waals surface area contributed by atoms with Crippen LogP contribution in [-0.2, 0) is 13.1 Å². The molecule has 0 atom stereocenters. The predicted octanol–water partition coefficient (Wildman–Crippen LogP) is 2.40. The fourth-order valence-corrected chi connectivity index (χ4v) is 2.68. The van der Waals surface area contributed by atoms with Crippen LogP contribution >= 0.6 is 0 Å². The Morgan fingerprint density at radius 3 is 2.33 bits per heavy atom. The van der Waals surface area contributed by atoms with Crippen LogP contribution in [0.15, 0.2) is 33.9 Å². The summed E-state index contributed by atoms with van der Waals surface area (Å²) in [5.41, 5.74) is 2.35. The number of nitrogens with one attached hydrogen (secondary N) is 1. The number of rotatable bonds is 4. The van der Waals surface area contributed by atoms with E-state index in [4.69, 9.17) is 0 Å². The van der Waals surface area contributed by atoms with Crippen molar-refractivity contribution in [3.05, 3.63) is 62.1 Å². The number of H-pyrrole nitrogens is 1. The molecule has 0 aliphatic rings. The lowest BCUT2D eigenvalue weighted by Crippen LogP contribution is -2.39. The maximum Gasteiger partial charge on any atom is 0.332 e. The number of aromatic amines is 1. The van der Waals surface area contributed by atoms with E-state index in [1.165, 1.54) is 14.7 Å². The molecule has 0 spiro atoms. The maximum atomic E-state index is 12.4. The first-order valence-electron chi connectivity index (χ1n) is 8.03. The minimum absolute atomic E-state index is 0.321. The Hall–Kier alpha value is -2.89. The average Bonchev–Trinajstić information content (AvgIpc) is 2.99. The average molecular weight is 324 g/mol. The highest BCUT2D eigenvalue weighted by Crippen LogP contribution is 2.10. The maximum absolute atomic E-state index is 12.4. The molecule has 0 amide bonds. The first-order valence-corrected chi connectivity index (χ1v) is 8.03. The van der Waals surface area contributed by atoms with Crippen molar-refractivity contribution < 1.29 is 0 Å². The summed E-state index contributed by atoms with van der Waals surface area (Å²) in [4.78, 5) is 32.2. The Labute approximate surface area is 139 Å². The van der Waals surface area contributed by atoms with Crippen LogP contribution in [0.4, 0.5) is 0 Å². The second-order valence-corrected chi connectivity index (χ2v) is 5.64. The van der Waals surface area contributed by atoms with Crippen molar-refractivity contribution in [1.82, 2.24) is 19.1 Å². The second kappa shape index (κ2) is 6.31. The van der Waals surface area contributed by atoms with E-state index in [1.807, 2.05) is 50.3 Å². The molecule has 2 aromatic heterocycles. The van der Waals surface area contributed by atoms with E-state index in [-0.39, 0.29) is 11.2 Å². The summed E-state index contributed by atoms with van der Waals surface area (Å²) in [5, 5.41) is 0. The van der Waals surface area contributed by atoms with Crippen LogP contribution in [0.5, 0.6) is 0 Å². The van der Waals surface area contributed by atoms with Gasteiger partial charge < -0.3 is 4.98 Å². The summed E-state index contributed by atoms with van der Waals surface area (Å²) >= 11 is 0. The van der Waals surface area contributed by atoms with Gasteiger partial charge in [0.1, 0.15) is 11.3 Å². The van der Waals surface area contributed by atoms with Gasteiger partial charge in [0.2, 0.25) is 0 Å². The van der Waals surface area contributed by atoms with Crippen LogP contribution < -0.4 is 11.2 Å². The summed E-state index contributed by atoms with van der Waals surface area (Å²) in [6.07, 6.45) is 3.73. The quantitative estimate of drug-likeness (QED) is 0.801. The van der Waals surface area contributed by atoms with E-state index in [9.17, 15) is 9.59 Å². The van der Waals surface area contributed by atoms with Gasteiger partial charge in [-0.15, -0.1) is 0 Å². The van der Waals surface area contributed by atoms with Crippen molar-refractivity contribution in [2.24, 2.45) is 0 Å². The van der Waals surface area contributed by atoms with Crippen molar-refractivity contribution in [3.63, 3.8) is 0 Å². The molecule has 0 radical (unpaired) electrons. The number of fused-ring (bicyclic) bond motifs is 1. The first kappa shape index (κ1) is 16.0. The molecular formula is C18H20N4O2. The molecule has 6 nitrogen and oxygen atoms in total. The van der Waals surface area contributed by atoms with Crippen molar-refractivity contribution in [1.29, 1.82) is 0 Å². The number of aryl methyl sites for hydroxylation is 2. The molecule has 0 aliphatic heterocycles. The molecule has 3 rings (SSSR count). The Morgan fingerprint density at radius 2 is 1.71 bits per heavy atom. The third-order valence-corrected chi connectivity index (χ3v) is 4.02. The molecule has 0 unspecified atom stereocenters. The van der Waals surface area contributed by atoms with Crippen molar-refractivity contribution in [2.45, 2.75) is 33.9 Å². The predicted molar refractivity (Wildman–Crippen MR) is 96.1 cm³/mol. The first-order chi connectivity index (χ1) is 11.5. The molecule has 24 heavy (non-hydrogen) atoms. The minimum Gasteiger partial charge on any atom is -0.333 e. The standard InChI is InChI=1S/C18H20N4O2/c1-4-21-16-15(17(23)22(5-2)18(21)24)19-14(20-16)11-10-13-8-6-12(3)7-9-13/h6-11H,4-5H2,1-3H3,(H,19,20)/b11-10+. The fourth-order valence-electron chi connectivity index (χ4n) is 2.68. The lowest BCUT2D eigenvalue weighted by molar-refractivity contribution is 0.605. The topological polar surface area (TPSA) is 72.7 Å². The molecule has 1 aromatic carbocycles. The largest absolute Gasteiger partial charge is 0.333 e. The molecule has 3 aromatic rings. The monoisotopic (exact) mass is 324 g/mol. The van der Waals surface area contributed by atoms with Gasteiger partial charge in [-0.05, 0) is 32.4 Å². The van der Waals surface area contributed by atoms with Gasteiger partial charge in [-0.2, -0.15) is 0 Å². The van der Waals surface area contributed by atoms with Crippen molar-refractivity contribution in [2.75, 3.05) is 0 Å².